The molecule has 7 heteroatoms. The number of amides is 1. The largest absolute Gasteiger partial charge is 0.370 e. The molecule has 0 spiro atoms. The Labute approximate surface area is 146 Å². The first-order valence-corrected chi connectivity index (χ1v) is 8.36. The molecule has 1 aliphatic rings. The number of benzene rings is 1. The highest BCUT2D eigenvalue weighted by Crippen LogP contribution is 2.25. The molecule has 1 aromatic carbocycles. The summed E-state index contributed by atoms with van der Waals surface area (Å²) in [6.07, 6.45) is 2.60. The van der Waals surface area contributed by atoms with Crippen LogP contribution in [0.3, 0.4) is 0 Å². The van der Waals surface area contributed by atoms with Crippen LogP contribution in [0.2, 0.25) is 0 Å². The maximum atomic E-state index is 12.9. The van der Waals surface area contributed by atoms with Crippen LogP contribution in [-0.2, 0) is 29.0 Å². The summed E-state index contributed by atoms with van der Waals surface area (Å²) in [5, 5.41) is 7.87. The second-order valence-electron chi connectivity index (χ2n) is 6.39. The molecule has 0 bridgehead atoms. The van der Waals surface area contributed by atoms with Crippen molar-refractivity contribution in [3.63, 3.8) is 0 Å². The van der Waals surface area contributed by atoms with Gasteiger partial charge < -0.3 is 15.0 Å². The normalized spacial score (nSPS) is 16.5. The molecular formula is C18H23FN4O2. The lowest BCUT2D eigenvalue weighted by Crippen LogP contribution is -2.28. The third-order valence-corrected chi connectivity index (χ3v) is 4.23. The maximum absolute atomic E-state index is 12.9. The van der Waals surface area contributed by atoms with E-state index in [4.69, 9.17) is 4.74 Å². The number of halogens is 1. The molecule has 134 valence electrons. The molecule has 1 aromatic heterocycles. The number of fused-ring (bicyclic) bond motifs is 1. The number of carbonyl (C=O) groups is 1. The summed E-state index contributed by atoms with van der Waals surface area (Å²) in [6.45, 7) is 2.12. The zero-order chi connectivity index (χ0) is 17.8. The minimum absolute atomic E-state index is 0.00625. The van der Waals surface area contributed by atoms with Gasteiger partial charge in [-0.1, -0.05) is 12.1 Å². The Morgan fingerprint density at radius 3 is 2.88 bits per heavy atom. The van der Waals surface area contributed by atoms with Crippen molar-refractivity contribution < 1.29 is 13.9 Å². The van der Waals surface area contributed by atoms with E-state index in [2.05, 4.69) is 10.4 Å². The van der Waals surface area contributed by atoms with E-state index in [1.807, 2.05) is 6.20 Å². The summed E-state index contributed by atoms with van der Waals surface area (Å²) in [5.41, 5.74) is 3.04. The van der Waals surface area contributed by atoms with Crippen LogP contribution in [0.25, 0.3) is 0 Å². The van der Waals surface area contributed by atoms with Crippen molar-refractivity contribution in [2.24, 2.45) is 0 Å². The number of likely N-dealkylation sites (N-methyl/N-ethyl adjacent to an activating group) is 1. The SMILES string of the molecule is CN(C)C(=O)Cn1cc2c(n1)[C@H](CNCc1ccc(F)cc1)OCC2. The van der Waals surface area contributed by atoms with Crippen molar-refractivity contribution in [2.75, 3.05) is 27.2 Å². The van der Waals surface area contributed by atoms with Gasteiger partial charge in [0.25, 0.3) is 0 Å². The van der Waals surface area contributed by atoms with E-state index in [9.17, 15) is 9.18 Å². The highest BCUT2D eigenvalue weighted by Gasteiger charge is 2.25. The first-order valence-electron chi connectivity index (χ1n) is 8.36. The lowest BCUT2D eigenvalue weighted by atomic mass is 10.1. The molecule has 1 N–H and O–H groups in total. The van der Waals surface area contributed by atoms with Crippen molar-refractivity contribution in [1.29, 1.82) is 0 Å². The average Bonchev–Trinajstić information content (AvgIpc) is 3.00. The van der Waals surface area contributed by atoms with Crippen molar-refractivity contribution in [1.82, 2.24) is 20.0 Å². The number of rotatable bonds is 6. The molecule has 0 saturated heterocycles. The molecule has 3 rings (SSSR count). The smallest absolute Gasteiger partial charge is 0.243 e. The van der Waals surface area contributed by atoms with Crippen LogP contribution < -0.4 is 5.32 Å². The Kier molecular flexibility index (Phi) is 5.45. The number of hydrogen-bond donors (Lipinski definition) is 1. The fraction of sp³-hybridized carbons (Fsp3) is 0.444. The second kappa shape index (κ2) is 7.76. The second-order valence-corrected chi connectivity index (χ2v) is 6.39. The van der Waals surface area contributed by atoms with Gasteiger partial charge in [0.05, 0.1) is 12.3 Å². The molecular weight excluding hydrogens is 323 g/mol. The summed E-state index contributed by atoms with van der Waals surface area (Å²) >= 11 is 0. The van der Waals surface area contributed by atoms with Gasteiger partial charge in [0, 0.05) is 33.4 Å². The Morgan fingerprint density at radius 2 is 2.16 bits per heavy atom. The summed E-state index contributed by atoms with van der Waals surface area (Å²) in [5.74, 6) is -0.228. The molecule has 1 atom stereocenters. The molecule has 0 saturated carbocycles. The quantitative estimate of drug-likeness (QED) is 0.861. The van der Waals surface area contributed by atoms with Gasteiger partial charge in [0.1, 0.15) is 18.5 Å². The lowest BCUT2D eigenvalue weighted by molar-refractivity contribution is -0.129. The van der Waals surface area contributed by atoms with E-state index in [-0.39, 0.29) is 24.4 Å². The van der Waals surface area contributed by atoms with Gasteiger partial charge >= 0.3 is 0 Å². The zero-order valence-electron chi connectivity index (χ0n) is 14.5. The third-order valence-electron chi connectivity index (χ3n) is 4.23. The van der Waals surface area contributed by atoms with Crippen LogP contribution in [0.5, 0.6) is 0 Å². The zero-order valence-corrected chi connectivity index (χ0v) is 14.5. The van der Waals surface area contributed by atoms with Crippen molar-refractivity contribution >= 4 is 5.91 Å². The number of nitrogens with zero attached hydrogens (tertiary/aromatic N) is 3. The molecule has 0 radical (unpaired) electrons. The maximum Gasteiger partial charge on any atom is 0.243 e. The Bertz CT molecular complexity index is 727. The first kappa shape index (κ1) is 17.6. The predicted molar refractivity (Wildman–Crippen MR) is 91.4 cm³/mol. The van der Waals surface area contributed by atoms with E-state index in [0.29, 0.717) is 19.7 Å². The monoisotopic (exact) mass is 346 g/mol. The third kappa shape index (κ3) is 4.43. The van der Waals surface area contributed by atoms with Crippen LogP contribution in [0, 0.1) is 5.82 Å². The molecule has 0 aliphatic carbocycles. The fourth-order valence-electron chi connectivity index (χ4n) is 2.80. The molecule has 2 heterocycles. The van der Waals surface area contributed by atoms with E-state index in [0.717, 1.165) is 23.2 Å². The van der Waals surface area contributed by atoms with Crippen molar-refractivity contribution in [3.05, 3.63) is 53.1 Å². The Hall–Kier alpha value is -2.25. The fourth-order valence-corrected chi connectivity index (χ4v) is 2.80. The average molecular weight is 346 g/mol. The molecule has 1 aliphatic heterocycles. The van der Waals surface area contributed by atoms with E-state index >= 15 is 0 Å². The van der Waals surface area contributed by atoms with Gasteiger partial charge in [0.15, 0.2) is 0 Å². The Morgan fingerprint density at radius 1 is 1.40 bits per heavy atom. The summed E-state index contributed by atoms with van der Waals surface area (Å²) in [7, 11) is 3.47. The molecule has 6 nitrogen and oxygen atoms in total. The first-order chi connectivity index (χ1) is 12.0. The van der Waals surface area contributed by atoms with Crippen molar-refractivity contribution in [2.45, 2.75) is 25.6 Å². The topological polar surface area (TPSA) is 59.4 Å². The molecule has 0 unspecified atom stereocenters. The number of aromatic nitrogens is 2. The van der Waals surface area contributed by atoms with Crippen LogP contribution in [0.4, 0.5) is 4.39 Å². The Balaban J connectivity index is 1.60. The molecule has 0 fully saturated rings. The number of carbonyl (C=O) groups excluding carboxylic acids is 1. The molecule has 2 aromatic rings. The highest BCUT2D eigenvalue weighted by atomic mass is 19.1. The van der Waals surface area contributed by atoms with Gasteiger partial charge in [-0.2, -0.15) is 5.10 Å². The van der Waals surface area contributed by atoms with Crippen molar-refractivity contribution in [3.8, 4) is 0 Å². The van der Waals surface area contributed by atoms with Crippen LogP contribution in [-0.4, -0.2) is 47.8 Å². The van der Waals surface area contributed by atoms with Gasteiger partial charge in [-0.25, -0.2) is 4.39 Å². The standard InChI is InChI=1S/C18H23FN4O2/c1-22(2)17(24)12-23-11-14-7-8-25-16(18(14)21-23)10-20-9-13-3-5-15(19)6-4-13/h3-6,11,16,20H,7-10,12H2,1-2H3/t16-/m0/s1. The van der Waals surface area contributed by atoms with Crippen LogP contribution in [0.1, 0.15) is 22.9 Å². The van der Waals surface area contributed by atoms with Crippen LogP contribution in [0.15, 0.2) is 30.5 Å². The van der Waals surface area contributed by atoms with Gasteiger partial charge in [-0.15, -0.1) is 0 Å². The lowest BCUT2D eigenvalue weighted by Gasteiger charge is -2.22. The van der Waals surface area contributed by atoms with E-state index in [1.165, 1.54) is 12.1 Å². The van der Waals surface area contributed by atoms with E-state index < -0.39 is 0 Å². The highest BCUT2D eigenvalue weighted by molar-refractivity contribution is 5.75. The minimum atomic E-state index is -0.234. The predicted octanol–water partition coefficient (Wildman–Crippen LogP) is 1.51. The minimum Gasteiger partial charge on any atom is -0.370 e. The number of ether oxygens (including phenoxy) is 1. The number of hydrogen-bond acceptors (Lipinski definition) is 4. The summed E-state index contributed by atoms with van der Waals surface area (Å²) in [6, 6.07) is 6.43. The van der Waals surface area contributed by atoms with Gasteiger partial charge in [-0.05, 0) is 29.7 Å². The summed E-state index contributed by atoms with van der Waals surface area (Å²) in [4.78, 5) is 13.4. The molecule has 25 heavy (non-hydrogen) atoms. The van der Waals surface area contributed by atoms with E-state index in [1.54, 1.807) is 35.8 Å². The number of nitrogens with one attached hydrogen (secondary N) is 1. The molecule has 1 amide bonds. The van der Waals surface area contributed by atoms with Gasteiger partial charge in [0.2, 0.25) is 5.91 Å². The van der Waals surface area contributed by atoms with Gasteiger partial charge in [-0.3, -0.25) is 9.48 Å². The van der Waals surface area contributed by atoms with Crippen LogP contribution >= 0.6 is 0 Å². The summed E-state index contributed by atoms with van der Waals surface area (Å²) < 4.78 is 20.5.